The van der Waals surface area contributed by atoms with E-state index < -0.39 is 0 Å². The molecule has 1 atom stereocenters. The zero-order valence-electron chi connectivity index (χ0n) is 17.3. The van der Waals surface area contributed by atoms with Gasteiger partial charge in [-0.3, -0.25) is 14.8 Å². The summed E-state index contributed by atoms with van der Waals surface area (Å²) in [6.07, 6.45) is 1.72. The number of nitrogens with one attached hydrogen (secondary N) is 2. The molecule has 27 heavy (non-hydrogen) atoms. The summed E-state index contributed by atoms with van der Waals surface area (Å²) in [5.41, 5.74) is 0.00803. The number of guanidine groups is 1. The second-order valence-corrected chi connectivity index (χ2v) is 7.48. The predicted octanol–water partition coefficient (Wildman–Crippen LogP) is 2.17. The van der Waals surface area contributed by atoms with Gasteiger partial charge in [-0.2, -0.15) is 0 Å². The maximum absolute atomic E-state index is 5.58. The second-order valence-electron chi connectivity index (χ2n) is 7.48. The standard InChI is InChI=1S/C19H35N5O2.HI/c1-6-20-18(21-14-16(23(4)5)17-8-7-11-26-17)22-15-19(2,3)24-9-12-25-13-10-24;/h7-8,11,16H,6,9-10,12-15H2,1-5H3,(H2,20,21,22);1H. The number of hydrogen-bond donors (Lipinski definition) is 2. The third-order valence-corrected chi connectivity index (χ3v) is 4.79. The predicted molar refractivity (Wildman–Crippen MR) is 121 cm³/mol. The van der Waals surface area contributed by atoms with Crippen molar-refractivity contribution in [3.63, 3.8) is 0 Å². The van der Waals surface area contributed by atoms with Crippen LogP contribution in [0.5, 0.6) is 0 Å². The van der Waals surface area contributed by atoms with E-state index in [0.717, 1.165) is 57.7 Å². The lowest BCUT2D eigenvalue weighted by atomic mass is 10.0. The molecule has 1 aromatic rings. The summed E-state index contributed by atoms with van der Waals surface area (Å²) < 4.78 is 11.0. The van der Waals surface area contributed by atoms with Crippen LogP contribution in [-0.4, -0.2) is 81.3 Å². The lowest BCUT2D eigenvalue weighted by Gasteiger charge is -2.40. The lowest BCUT2D eigenvalue weighted by molar-refractivity contribution is -0.00684. The van der Waals surface area contributed by atoms with E-state index in [0.29, 0.717) is 0 Å². The van der Waals surface area contributed by atoms with Crippen molar-refractivity contribution >= 4 is 29.9 Å². The van der Waals surface area contributed by atoms with Gasteiger partial charge in [0.2, 0.25) is 0 Å². The monoisotopic (exact) mass is 493 g/mol. The Kier molecular flexibility index (Phi) is 10.6. The van der Waals surface area contributed by atoms with Gasteiger partial charge < -0.3 is 19.8 Å². The van der Waals surface area contributed by atoms with Crippen molar-refractivity contribution < 1.29 is 9.15 Å². The Balaban J connectivity index is 0.00000364. The fraction of sp³-hybridized carbons (Fsp3) is 0.737. The van der Waals surface area contributed by atoms with Crippen LogP contribution in [0.1, 0.15) is 32.6 Å². The van der Waals surface area contributed by atoms with Gasteiger partial charge in [0.05, 0.1) is 32.1 Å². The van der Waals surface area contributed by atoms with Gasteiger partial charge in [-0.25, -0.2) is 0 Å². The van der Waals surface area contributed by atoms with Crippen LogP contribution < -0.4 is 10.6 Å². The van der Waals surface area contributed by atoms with Gasteiger partial charge in [0.25, 0.3) is 0 Å². The summed E-state index contributed by atoms with van der Waals surface area (Å²) in [6, 6.07) is 4.09. The van der Waals surface area contributed by atoms with E-state index in [2.05, 4.69) is 55.3 Å². The van der Waals surface area contributed by atoms with Crippen molar-refractivity contribution in [2.75, 3.05) is 60.0 Å². The molecule has 0 amide bonds. The maximum Gasteiger partial charge on any atom is 0.191 e. The molecule has 0 aromatic carbocycles. The number of aliphatic imine (C=N–C) groups is 1. The van der Waals surface area contributed by atoms with Crippen molar-refractivity contribution in [2.45, 2.75) is 32.4 Å². The summed E-state index contributed by atoms with van der Waals surface area (Å²) in [5.74, 6) is 1.79. The Bertz CT molecular complexity index is 542. The molecule has 1 unspecified atom stereocenters. The molecule has 1 aliphatic rings. The zero-order chi connectivity index (χ0) is 19.0. The number of likely N-dealkylation sites (N-methyl/N-ethyl adjacent to an activating group) is 1. The van der Waals surface area contributed by atoms with Crippen molar-refractivity contribution in [3.8, 4) is 0 Å². The topological polar surface area (TPSA) is 65.3 Å². The molecule has 8 heteroatoms. The minimum atomic E-state index is 0. The van der Waals surface area contributed by atoms with Gasteiger partial charge >= 0.3 is 0 Å². The Morgan fingerprint density at radius 2 is 2.00 bits per heavy atom. The third kappa shape index (κ3) is 7.59. The quantitative estimate of drug-likeness (QED) is 0.329. The number of rotatable bonds is 8. The van der Waals surface area contributed by atoms with Crippen molar-refractivity contribution in [1.29, 1.82) is 0 Å². The SMILES string of the molecule is CCNC(=NCC(C)(C)N1CCOCC1)NCC(c1ccco1)N(C)C.I. The largest absolute Gasteiger partial charge is 0.468 e. The van der Waals surface area contributed by atoms with Gasteiger partial charge in [-0.05, 0) is 47.0 Å². The minimum Gasteiger partial charge on any atom is -0.468 e. The molecule has 7 nitrogen and oxygen atoms in total. The Morgan fingerprint density at radius 1 is 1.30 bits per heavy atom. The summed E-state index contributed by atoms with van der Waals surface area (Å²) in [5, 5.41) is 6.80. The average Bonchev–Trinajstić information content (AvgIpc) is 3.14. The first-order valence-electron chi connectivity index (χ1n) is 9.49. The van der Waals surface area contributed by atoms with Gasteiger partial charge in [0.15, 0.2) is 5.96 Å². The maximum atomic E-state index is 5.58. The van der Waals surface area contributed by atoms with E-state index in [9.17, 15) is 0 Å². The molecule has 0 spiro atoms. The van der Waals surface area contributed by atoms with E-state index in [-0.39, 0.29) is 35.6 Å². The first-order chi connectivity index (χ1) is 12.4. The summed E-state index contributed by atoms with van der Waals surface area (Å²) in [4.78, 5) is 9.44. The fourth-order valence-corrected chi connectivity index (χ4v) is 3.09. The summed E-state index contributed by atoms with van der Waals surface area (Å²) in [6.45, 7) is 12.4. The van der Waals surface area contributed by atoms with Crippen LogP contribution in [0.25, 0.3) is 0 Å². The summed E-state index contributed by atoms with van der Waals surface area (Å²) >= 11 is 0. The molecule has 1 aromatic heterocycles. The van der Waals surface area contributed by atoms with E-state index >= 15 is 0 Å². The van der Waals surface area contributed by atoms with Crippen LogP contribution in [0.15, 0.2) is 27.8 Å². The Hall–Kier alpha value is -0.840. The van der Waals surface area contributed by atoms with Crippen LogP contribution in [0, 0.1) is 0 Å². The van der Waals surface area contributed by atoms with Gasteiger partial charge in [0, 0.05) is 31.7 Å². The third-order valence-electron chi connectivity index (χ3n) is 4.79. The molecule has 2 N–H and O–H groups in total. The second kappa shape index (κ2) is 11.9. The smallest absolute Gasteiger partial charge is 0.191 e. The Labute approximate surface area is 180 Å². The van der Waals surface area contributed by atoms with Gasteiger partial charge in [0.1, 0.15) is 5.76 Å². The molecule has 156 valence electrons. The van der Waals surface area contributed by atoms with Crippen LogP contribution in [0.4, 0.5) is 0 Å². The molecule has 2 heterocycles. The minimum absolute atomic E-state index is 0. The lowest BCUT2D eigenvalue weighted by Crippen LogP contribution is -2.52. The average molecular weight is 493 g/mol. The number of ether oxygens (including phenoxy) is 1. The number of hydrogen-bond acceptors (Lipinski definition) is 5. The first kappa shape index (κ1) is 24.2. The highest BCUT2D eigenvalue weighted by atomic mass is 127. The van der Waals surface area contributed by atoms with Crippen LogP contribution in [0.3, 0.4) is 0 Å². The number of morpholine rings is 1. The van der Waals surface area contributed by atoms with E-state index in [1.165, 1.54) is 0 Å². The number of halogens is 1. The normalized spacial score (nSPS) is 17.5. The molecule has 0 aliphatic carbocycles. The molecule has 0 saturated carbocycles. The zero-order valence-corrected chi connectivity index (χ0v) is 19.7. The highest BCUT2D eigenvalue weighted by Crippen LogP contribution is 2.18. The number of nitrogens with zero attached hydrogens (tertiary/aromatic N) is 3. The van der Waals surface area contributed by atoms with E-state index in [1.807, 2.05) is 12.1 Å². The highest BCUT2D eigenvalue weighted by molar-refractivity contribution is 14.0. The first-order valence-corrected chi connectivity index (χ1v) is 9.49. The van der Waals surface area contributed by atoms with Crippen molar-refractivity contribution in [3.05, 3.63) is 24.2 Å². The van der Waals surface area contributed by atoms with Gasteiger partial charge in [-0.1, -0.05) is 0 Å². The van der Waals surface area contributed by atoms with Crippen molar-refractivity contribution in [1.82, 2.24) is 20.4 Å². The fourth-order valence-electron chi connectivity index (χ4n) is 3.09. The molecular weight excluding hydrogens is 457 g/mol. The van der Waals surface area contributed by atoms with Crippen molar-refractivity contribution in [2.24, 2.45) is 4.99 Å². The van der Waals surface area contributed by atoms with Gasteiger partial charge in [-0.15, -0.1) is 24.0 Å². The van der Waals surface area contributed by atoms with Crippen LogP contribution in [-0.2, 0) is 4.74 Å². The molecule has 0 radical (unpaired) electrons. The molecular formula is C19H36IN5O2. The summed E-state index contributed by atoms with van der Waals surface area (Å²) in [7, 11) is 4.11. The molecule has 1 fully saturated rings. The highest BCUT2D eigenvalue weighted by Gasteiger charge is 2.28. The molecule has 1 saturated heterocycles. The molecule has 0 bridgehead atoms. The molecule has 2 rings (SSSR count). The van der Waals surface area contributed by atoms with E-state index in [4.69, 9.17) is 14.1 Å². The number of furan rings is 1. The van der Waals surface area contributed by atoms with Crippen LogP contribution >= 0.6 is 24.0 Å². The molecule has 1 aliphatic heterocycles. The van der Waals surface area contributed by atoms with E-state index in [1.54, 1.807) is 6.26 Å². The van der Waals surface area contributed by atoms with Crippen LogP contribution in [0.2, 0.25) is 0 Å². The Morgan fingerprint density at radius 3 is 2.56 bits per heavy atom.